The summed E-state index contributed by atoms with van der Waals surface area (Å²) in [5.41, 5.74) is 6.51. The minimum atomic E-state index is -0.607. The van der Waals surface area contributed by atoms with Gasteiger partial charge in [0, 0.05) is 0 Å². The Morgan fingerprint density at radius 2 is 2.16 bits per heavy atom. The fraction of sp³-hybridized carbons (Fsp3) is 0.429. The summed E-state index contributed by atoms with van der Waals surface area (Å²) in [7, 11) is 0. The summed E-state index contributed by atoms with van der Waals surface area (Å²) in [6.07, 6.45) is 0.975. The van der Waals surface area contributed by atoms with Gasteiger partial charge in [0.05, 0.1) is 5.54 Å². The van der Waals surface area contributed by atoms with E-state index < -0.39 is 5.54 Å². The number of hydrogen-bond donors (Lipinski definition) is 1. The second-order valence-electron chi connectivity index (χ2n) is 5.02. The van der Waals surface area contributed by atoms with Crippen LogP contribution < -0.4 is 10.5 Å². The van der Waals surface area contributed by atoms with Crippen molar-refractivity contribution in [2.75, 3.05) is 0 Å². The maximum atomic E-state index is 5.89. The van der Waals surface area contributed by atoms with Gasteiger partial charge >= 0.3 is 0 Å². The zero-order valence-corrected chi connectivity index (χ0v) is 11.5. The van der Waals surface area contributed by atoms with Crippen LogP contribution >= 0.6 is 0 Å². The molecule has 0 unspecified atom stereocenters. The van der Waals surface area contributed by atoms with Gasteiger partial charge in [-0.05, 0) is 38.0 Å². The number of aromatic nitrogens is 2. The topological polar surface area (TPSA) is 74.2 Å². The van der Waals surface area contributed by atoms with E-state index >= 15 is 0 Å². The summed E-state index contributed by atoms with van der Waals surface area (Å²) in [5, 5.41) is 3.84. The highest BCUT2D eigenvalue weighted by molar-refractivity contribution is 5.28. The van der Waals surface area contributed by atoms with Gasteiger partial charge in [0.15, 0.2) is 12.4 Å². The van der Waals surface area contributed by atoms with E-state index in [1.54, 1.807) is 0 Å². The Hall–Kier alpha value is -1.88. The summed E-state index contributed by atoms with van der Waals surface area (Å²) in [5.74, 6) is 1.70. The zero-order chi connectivity index (χ0) is 13.9. The van der Waals surface area contributed by atoms with Gasteiger partial charge < -0.3 is 15.0 Å². The Kier molecular flexibility index (Phi) is 3.85. The number of nitrogens with zero attached hydrogens (tertiary/aromatic N) is 2. The monoisotopic (exact) mass is 261 g/mol. The lowest BCUT2D eigenvalue weighted by Crippen LogP contribution is -2.30. The third-order valence-corrected chi connectivity index (χ3v) is 2.71. The van der Waals surface area contributed by atoms with E-state index in [0.717, 1.165) is 12.2 Å². The van der Waals surface area contributed by atoms with E-state index in [4.69, 9.17) is 15.0 Å². The van der Waals surface area contributed by atoms with Gasteiger partial charge in [0.2, 0.25) is 0 Å². The highest BCUT2D eigenvalue weighted by Gasteiger charge is 2.21. The lowest BCUT2D eigenvalue weighted by molar-refractivity contribution is 0.241. The Labute approximate surface area is 112 Å². The molecule has 102 valence electrons. The van der Waals surface area contributed by atoms with Crippen molar-refractivity contribution in [1.29, 1.82) is 0 Å². The largest absolute Gasteiger partial charge is 0.484 e. The first-order chi connectivity index (χ1) is 8.99. The van der Waals surface area contributed by atoms with Crippen LogP contribution in [0.25, 0.3) is 0 Å². The number of aryl methyl sites for hydroxylation is 1. The Bertz CT molecular complexity index is 544. The molecule has 0 fully saturated rings. The van der Waals surface area contributed by atoms with Crippen molar-refractivity contribution < 1.29 is 9.26 Å². The van der Waals surface area contributed by atoms with Gasteiger partial charge in [0.1, 0.15) is 5.75 Å². The van der Waals surface area contributed by atoms with Crippen LogP contribution in [0.15, 0.2) is 28.8 Å². The number of nitrogens with two attached hydrogens (primary N) is 1. The summed E-state index contributed by atoms with van der Waals surface area (Å²) < 4.78 is 10.7. The fourth-order valence-electron chi connectivity index (χ4n) is 1.58. The van der Waals surface area contributed by atoms with Crippen LogP contribution in [0.3, 0.4) is 0 Å². The number of rotatable bonds is 5. The van der Waals surface area contributed by atoms with Crippen molar-refractivity contribution in [3.63, 3.8) is 0 Å². The Morgan fingerprint density at radius 3 is 2.79 bits per heavy atom. The van der Waals surface area contributed by atoms with Crippen LogP contribution in [0.4, 0.5) is 0 Å². The van der Waals surface area contributed by atoms with E-state index in [0.29, 0.717) is 11.7 Å². The van der Waals surface area contributed by atoms with Gasteiger partial charge in [0.25, 0.3) is 5.89 Å². The average Bonchev–Trinajstić information content (AvgIpc) is 2.85. The SMILES string of the molecule is CCc1cccc(OCc2nc(C(C)(C)N)no2)c1. The third-order valence-electron chi connectivity index (χ3n) is 2.71. The molecule has 2 N–H and O–H groups in total. The summed E-state index contributed by atoms with van der Waals surface area (Å²) >= 11 is 0. The predicted octanol–water partition coefficient (Wildman–Crippen LogP) is 2.40. The minimum Gasteiger partial charge on any atom is -0.484 e. The molecule has 1 heterocycles. The minimum absolute atomic E-state index is 0.246. The molecule has 0 saturated heterocycles. The van der Waals surface area contributed by atoms with Crippen molar-refractivity contribution in [3.8, 4) is 5.75 Å². The Balaban J connectivity index is 2.00. The summed E-state index contributed by atoms with van der Waals surface area (Å²) in [6, 6.07) is 7.94. The molecule has 1 aromatic carbocycles. The smallest absolute Gasteiger partial charge is 0.264 e. The van der Waals surface area contributed by atoms with Crippen molar-refractivity contribution in [2.24, 2.45) is 5.73 Å². The van der Waals surface area contributed by atoms with Gasteiger partial charge in [-0.1, -0.05) is 24.2 Å². The van der Waals surface area contributed by atoms with Crippen LogP contribution in [0.5, 0.6) is 5.75 Å². The first-order valence-electron chi connectivity index (χ1n) is 6.32. The molecule has 0 aliphatic rings. The standard InChI is InChI=1S/C14H19N3O2/c1-4-10-6-5-7-11(8-10)18-9-12-16-13(17-19-12)14(2,3)15/h5-8H,4,9,15H2,1-3H3. The zero-order valence-electron chi connectivity index (χ0n) is 11.5. The molecule has 0 amide bonds. The lowest BCUT2D eigenvalue weighted by Gasteiger charge is -2.11. The van der Waals surface area contributed by atoms with Crippen molar-refractivity contribution >= 4 is 0 Å². The molecular formula is C14H19N3O2. The highest BCUT2D eigenvalue weighted by Crippen LogP contribution is 2.16. The maximum absolute atomic E-state index is 5.89. The van der Waals surface area contributed by atoms with E-state index in [9.17, 15) is 0 Å². The molecular weight excluding hydrogens is 242 g/mol. The highest BCUT2D eigenvalue weighted by atomic mass is 16.5. The molecule has 0 saturated carbocycles. The fourth-order valence-corrected chi connectivity index (χ4v) is 1.58. The van der Waals surface area contributed by atoms with Gasteiger partial charge in [-0.2, -0.15) is 4.98 Å². The number of ether oxygens (including phenoxy) is 1. The molecule has 0 atom stereocenters. The summed E-state index contributed by atoms with van der Waals surface area (Å²) in [4.78, 5) is 4.21. The third kappa shape index (κ3) is 3.54. The normalized spacial score (nSPS) is 11.6. The van der Waals surface area contributed by atoms with Crippen LogP contribution in [0.2, 0.25) is 0 Å². The second-order valence-corrected chi connectivity index (χ2v) is 5.02. The molecule has 1 aromatic heterocycles. The molecule has 2 aromatic rings. The van der Waals surface area contributed by atoms with Gasteiger partial charge in [-0.3, -0.25) is 0 Å². The Morgan fingerprint density at radius 1 is 1.37 bits per heavy atom. The van der Waals surface area contributed by atoms with Crippen molar-refractivity contribution in [2.45, 2.75) is 39.3 Å². The molecule has 0 aliphatic carbocycles. The van der Waals surface area contributed by atoms with E-state index in [1.807, 2.05) is 32.0 Å². The van der Waals surface area contributed by atoms with Crippen LogP contribution in [0.1, 0.15) is 38.0 Å². The molecule has 5 heteroatoms. The van der Waals surface area contributed by atoms with Crippen LogP contribution in [-0.2, 0) is 18.6 Å². The lowest BCUT2D eigenvalue weighted by atomic mass is 10.1. The second kappa shape index (κ2) is 5.40. The number of hydrogen-bond acceptors (Lipinski definition) is 5. The molecule has 0 bridgehead atoms. The molecule has 0 aliphatic heterocycles. The quantitative estimate of drug-likeness (QED) is 0.894. The van der Waals surface area contributed by atoms with Crippen LogP contribution in [-0.4, -0.2) is 10.1 Å². The van der Waals surface area contributed by atoms with Gasteiger partial charge in [-0.15, -0.1) is 0 Å². The summed E-state index contributed by atoms with van der Waals surface area (Å²) in [6.45, 7) is 6.00. The first-order valence-corrected chi connectivity index (χ1v) is 6.32. The van der Waals surface area contributed by atoms with Crippen molar-refractivity contribution in [1.82, 2.24) is 10.1 Å². The molecule has 0 spiro atoms. The predicted molar refractivity (Wildman–Crippen MR) is 71.7 cm³/mol. The first kappa shape index (κ1) is 13.5. The maximum Gasteiger partial charge on any atom is 0.264 e. The molecule has 5 nitrogen and oxygen atoms in total. The van der Waals surface area contributed by atoms with E-state index in [2.05, 4.69) is 23.1 Å². The molecule has 0 radical (unpaired) electrons. The number of benzene rings is 1. The van der Waals surface area contributed by atoms with Gasteiger partial charge in [-0.25, -0.2) is 0 Å². The van der Waals surface area contributed by atoms with Crippen molar-refractivity contribution in [3.05, 3.63) is 41.5 Å². The van der Waals surface area contributed by atoms with E-state index in [1.165, 1.54) is 5.56 Å². The molecule has 19 heavy (non-hydrogen) atoms. The average molecular weight is 261 g/mol. The molecule has 2 rings (SSSR count). The van der Waals surface area contributed by atoms with E-state index in [-0.39, 0.29) is 6.61 Å². The van der Waals surface area contributed by atoms with Crippen LogP contribution in [0, 0.1) is 0 Å².